The molecule has 0 spiro atoms. The molecular formula is C14H22N2O2S. The second kappa shape index (κ2) is 5.90. The molecule has 0 N–H and O–H groups in total. The van der Waals surface area contributed by atoms with Crippen LogP contribution in [0.4, 0.5) is 5.13 Å². The van der Waals surface area contributed by atoms with Crippen molar-refractivity contribution in [3.05, 3.63) is 10.6 Å². The largest absolute Gasteiger partial charge is 0.464 e. The molecule has 1 aliphatic carbocycles. The fourth-order valence-corrected chi connectivity index (χ4v) is 3.53. The van der Waals surface area contributed by atoms with Gasteiger partial charge >= 0.3 is 5.97 Å². The molecule has 106 valence electrons. The Bertz CT molecular complexity index is 450. The van der Waals surface area contributed by atoms with E-state index in [0.717, 1.165) is 15.9 Å². The Morgan fingerprint density at radius 3 is 2.58 bits per heavy atom. The third-order valence-electron chi connectivity index (χ3n) is 4.00. The summed E-state index contributed by atoms with van der Waals surface area (Å²) in [7, 11) is 3.48. The first-order valence-electron chi connectivity index (χ1n) is 6.81. The van der Waals surface area contributed by atoms with Crippen LogP contribution in [0.15, 0.2) is 0 Å². The van der Waals surface area contributed by atoms with E-state index in [4.69, 9.17) is 4.74 Å². The number of ether oxygens (including phenoxy) is 1. The molecule has 0 radical (unpaired) electrons. The van der Waals surface area contributed by atoms with E-state index in [1.807, 2.05) is 6.92 Å². The van der Waals surface area contributed by atoms with Crippen molar-refractivity contribution in [1.29, 1.82) is 0 Å². The molecule has 0 aliphatic heterocycles. The predicted octanol–water partition coefficient (Wildman–Crippen LogP) is 3.25. The molecule has 1 saturated carbocycles. The normalized spacial score (nSPS) is 23.2. The quantitative estimate of drug-likeness (QED) is 0.798. The maximum atomic E-state index is 11.6. The Labute approximate surface area is 118 Å². The van der Waals surface area contributed by atoms with E-state index < -0.39 is 0 Å². The molecule has 2 rings (SSSR count). The van der Waals surface area contributed by atoms with E-state index >= 15 is 0 Å². The molecule has 19 heavy (non-hydrogen) atoms. The van der Waals surface area contributed by atoms with E-state index in [2.05, 4.69) is 23.9 Å². The summed E-state index contributed by atoms with van der Waals surface area (Å²) in [4.78, 5) is 19.2. The number of carbonyl (C=O) groups excluding carboxylic acids is 1. The van der Waals surface area contributed by atoms with Crippen molar-refractivity contribution in [2.75, 3.05) is 19.1 Å². The maximum absolute atomic E-state index is 11.6. The first kappa shape index (κ1) is 14.3. The molecule has 5 heteroatoms. The van der Waals surface area contributed by atoms with Gasteiger partial charge in [0.25, 0.3) is 0 Å². The van der Waals surface area contributed by atoms with E-state index in [-0.39, 0.29) is 5.97 Å². The Morgan fingerprint density at radius 2 is 2.00 bits per heavy atom. The van der Waals surface area contributed by atoms with E-state index in [1.165, 1.54) is 32.8 Å². The van der Waals surface area contributed by atoms with Gasteiger partial charge in [0.15, 0.2) is 10.8 Å². The van der Waals surface area contributed by atoms with Crippen molar-refractivity contribution >= 4 is 22.4 Å². The average molecular weight is 282 g/mol. The molecule has 0 unspecified atom stereocenters. The number of aryl methyl sites for hydroxylation is 1. The minimum atomic E-state index is -0.342. The SMILES string of the molecule is COC(=O)c1nc(N(C)C2CCC(C)CC2)sc1C. The highest BCUT2D eigenvalue weighted by Crippen LogP contribution is 2.32. The standard InChI is InChI=1S/C14H22N2O2S/c1-9-5-7-11(8-6-9)16(3)14-15-12(10(2)19-14)13(17)18-4/h9,11H,5-8H2,1-4H3. The van der Waals surface area contributed by atoms with Crippen LogP contribution in [-0.4, -0.2) is 31.2 Å². The van der Waals surface area contributed by atoms with E-state index in [0.29, 0.717) is 11.7 Å². The molecule has 1 fully saturated rings. The van der Waals surface area contributed by atoms with Crippen LogP contribution >= 0.6 is 11.3 Å². The van der Waals surface area contributed by atoms with Crippen LogP contribution in [0.2, 0.25) is 0 Å². The van der Waals surface area contributed by atoms with Crippen molar-refractivity contribution < 1.29 is 9.53 Å². The number of hydrogen-bond acceptors (Lipinski definition) is 5. The van der Waals surface area contributed by atoms with Crippen LogP contribution in [0.5, 0.6) is 0 Å². The van der Waals surface area contributed by atoms with Crippen LogP contribution in [-0.2, 0) is 4.74 Å². The zero-order valence-electron chi connectivity index (χ0n) is 12.1. The summed E-state index contributed by atoms with van der Waals surface area (Å²) in [6.07, 6.45) is 4.99. The van der Waals surface area contributed by atoms with Gasteiger partial charge in [-0.3, -0.25) is 0 Å². The van der Waals surface area contributed by atoms with Crippen molar-refractivity contribution in [1.82, 2.24) is 4.98 Å². The second-order valence-corrected chi connectivity index (χ2v) is 6.60. The fraction of sp³-hybridized carbons (Fsp3) is 0.714. The smallest absolute Gasteiger partial charge is 0.357 e. The Balaban J connectivity index is 2.11. The molecule has 0 aromatic carbocycles. The number of carbonyl (C=O) groups is 1. The molecule has 1 heterocycles. The lowest BCUT2D eigenvalue weighted by atomic mass is 9.87. The minimum Gasteiger partial charge on any atom is -0.464 e. The molecule has 1 aromatic heterocycles. The average Bonchev–Trinajstić information content (AvgIpc) is 2.80. The summed E-state index contributed by atoms with van der Waals surface area (Å²) in [6, 6.07) is 0.548. The van der Waals surface area contributed by atoms with Gasteiger partial charge in [0.05, 0.1) is 7.11 Å². The third kappa shape index (κ3) is 3.08. The monoisotopic (exact) mass is 282 g/mol. The molecule has 0 atom stereocenters. The van der Waals surface area contributed by atoms with Crippen LogP contribution in [0, 0.1) is 12.8 Å². The lowest BCUT2D eigenvalue weighted by Crippen LogP contribution is -2.34. The number of esters is 1. The number of thiazole rings is 1. The summed E-state index contributed by atoms with van der Waals surface area (Å²) < 4.78 is 4.76. The van der Waals surface area contributed by atoms with Gasteiger partial charge in [0.2, 0.25) is 0 Å². The summed E-state index contributed by atoms with van der Waals surface area (Å²) in [5.41, 5.74) is 0.457. The maximum Gasteiger partial charge on any atom is 0.357 e. The topological polar surface area (TPSA) is 42.4 Å². The summed E-state index contributed by atoms with van der Waals surface area (Å²) in [5, 5.41) is 0.928. The first-order valence-corrected chi connectivity index (χ1v) is 7.63. The van der Waals surface area contributed by atoms with Gasteiger partial charge in [-0.1, -0.05) is 6.92 Å². The first-order chi connectivity index (χ1) is 9.02. The highest BCUT2D eigenvalue weighted by molar-refractivity contribution is 7.15. The lowest BCUT2D eigenvalue weighted by Gasteiger charge is -2.33. The van der Waals surface area contributed by atoms with Gasteiger partial charge in [-0.25, -0.2) is 9.78 Å². The van der Waals surface area contributed by atoms with Gasteiger partial charge in [-0.2, -0.15) is 0 Å². The summed E-state index contributed by atoms with van der Waals surface area (Å²) in [6.45, 7) is 4.24. The summed E-state index contributed by atoms with van der Waals surface area (Å²) >= 11 is 1.57. The molecule has 0 bridgehead atoms. The lowest BCUT2D eigenvalue weighted by molar-refractivity contribution is 0.0594. The van der Waals surface area contributed by atoms with Crippen molar-refractivity contribution in [2.45, 2.75) is 45.6 Å². The Hall–Kier alpha value is -1.10. The number of aromatic nitrogens is 1. The Kier molecular flexibility index (Phi) is 4.45. The fourth-order valence-electron chi connectivity index (χ4n) is 2.61. The predicted molar refractivity (Wildman–Crippen MR) is 78.0 cm³/mol. The van der Waals surface area contributed by atoms with Crippen LogP contribution < -0.4 is 4.90 Å². The minimum absolute atomic E-state index is 0.342. The highest BCUT2D eigenvalue weighted by atomic mass is 32.1. The van der Waals surface area contributed by atoms with Crippen molar-refractivity contribution in [2.24, 2.45) is 5.92 Å². The zero-order chi connectivity index (χ0) is 14.0. The van der Waals surface area contributed by atoms with Crippen molar-refractivity contribution in [3.63, 3.8) is 0 Å². The molecule has 0 amide bonds. The van der Waals surface area contributed by atoms with Gasteiger partial charge in [-0.05, 0) is 38.5 Å². The summed E-state index contributed by atoms with van der Waals surface area (Å²) in [5.74, 6) is 0.499. The second-order valence-electron chi connectivity index (χ2n) is 5.42. The number of hydrogen-bond donors (Lipinski definition) is 0. The number of methoxy groups -OCH3 is 1. The Morgan fingerprint density at radius 1 is 1.37 bits per heavy atom. The zero-order valence-corrected chi connectivity index (χ0v) is 12.9. The van der Waals surface area contributed by atoms with Gasteiger partial charge < -0.3 is 9.64 Å². The van der Waals surface area contributed by atoms with Gasteiger partial charge in [-0.15, -0.1) is 11.3 Å². The molecular weight excluding hydrogens is 260 g/mol. The molecule has 0 saturated heterocycles. The molecule has 1 aromatic rings. The van der Waals surface area contributed by atoms with Gasteiger partial charge in [0, 0.05) is 18.0 Å². The van der Waals surface area contributed by atoms with Crippen LogP contribution in [0.25, 0.3) is 0 Å². The number of nitrogens with zero attached hydrogens (tertiary/aromatic N) is 2. The molecule has 4 nitrogen and oxygen atoms in total. The highest BCUT2D eigenvalue weighted by Gasteiger charge is 2.25. The van der Waals surface area contributed by atoms with E-state index in [1.54, 1.807) is 11.3 Å². The number of rotatable bonds is 3. The van der Waals surface area contributed by atoms with Gasteiger partial charge in [0.1, 0.15) is 0 Å². The third-order valence-corrected chi connectivity index (χ3v) is 5.06. The number of anilines is 1. The van der Waals surface area contributed by atoms with Crippen LogP contribution in [0.1, 0.15) is 48.0 Å². The van der Waals surface area contributed by atoms with Crippen LogP contribution in [0.3, 0.4) is 0 Å². The molecule has 1 aliphatic rings. The van der Waals surface area contributed by atoms with Crippen molar-refractivity contribution in [3.8, 4) is 0 Å². The van der Waals surface area contributed by atoms with E-state index in [9.17, 15) is 4.79 Å².